The van der Waals surface area contributed by atoms with Crippen molar-refractivity contribution in [2.45, 2.75) is 51.9 Å². The number of aromatic nitrogens is 1. The minimum Gasteiger partial charge on any atom is -0.376 e. The summed E-state index contributed by atoms with van der Waals surface area (Å²) in [6.07, 6.45) is 3.19. The Labute approximate surface area is 130 Å². The highest BCUT2D eigenvalue weighted by atomic mass is 79.9. The van der Waals surface area contributed by atoms with Gasteiger partial charge in [0.25, 0.3) is 0 Å². The lowest BCUT2D eigenvalue weighted by molar-refractivity contribution is 0.118. The number of anilines is 1. The van der Waals surface area contributed by atoms with Crippen LogP contribution in [0, 0.1) is 0 Å². The SMILES string of the molecule is CC(C)NCc1cc(Br)cnc1N(C)C1CCOC1C. The van der Waals surface area contributed by atoms with E-state index in [0.29, 0.717) is 12.1 Å². The molecule has 20 heavy (non-hydrogen) atoms. The Hall–Kier alpha value is -0.650. The summed E-state index contributed by atoms with van der Waals surface area (Å²) in [7, 11) is 2.12. The van der Waals surface area contributed by atoms with E-state index >= 15 is 0 Å². The molecule has 0 radical (unpaired) electrons. The van der Waals surface area contributed by atoms with Crippen molar-refractivity contribution in [2.24, 2.45) is 0 Å². The monoisotopic (exact) mass is 341 g/mol. The van der Waals surface area contributed by atoms with Gasteiger partial charge in [-0.3, -0.25) is 0 Å². The molecule has 2 atom stereocenters. The van der Waals surface area contributed by atoms with Crippen molar-refractivity contribution in [3.8, 4) is 0 Å². The molecule has 2 heterocycles. The van der Waals surface area contributed by atoms with E-state index in [0.717, 1.165) is 29.9 Å². The maximum atomic E-state index is 5.68. The Morgan fingerprint density at radius 2 is 2.30 bits per heavy atom. The van der Waals surface area contributed by atoms with Crippen LogP contribution in [0.3, 0.4) is 0 Å². The Morgan fingerprint density at radius 3 is 2.90 bits per heavy atom. The van der Waals surface area contributed by atoms with Crippen molar-refractivity contribution in [1.29, 1.82) is 0 Å². The third kappa shape index (κ3) is 3.71. The molecular weight excluding hydrogens is 318 g/mol. The highest BCUT2D eigenvalue weighted by molar-refractivity contribution is 9.10. The molecule has 1 N–H and O–H groups in total. The lowest BCUT2D eigenvalue weighted by Gasteiger charge is -2.29. The van der Waals surface area contributed by atoms with Crippen LogP contribution >= 0.6 is 15.9 Å². The standard InChI is InChI=1S/C15H24BrN3O/c1-10(2)17-8-12-7-13(16)9-18-15(12)19(4)14-5-6-20-11(14)3/h7,9-11,14,17H,5-6,8H2,1-4H3. The second-order valence-corrected chi connectivity index (χ2v) is 6.63. The van der Waals surface area contributed by atoms with Gasteiger partial charge in [0.1, 0.15) is 5.82 Å². The van der Waals surface area contributed by atoms with Gasteiger partial charge in [0.2, 0.25) is 0 Å². The summed E-state index contributed by atoms with van der Waals surface area (Å²) >= 11 is 3.51. The summed E-state index contributed by atoms with van der Waals surface area (Å²) in [5.41, 5.74) is 1.22. The molecule has 1 aliphatic rings. The molecule has 1 saturated heterocycles. The summed E-state index contributed by atoms with van der Waals surface area (Å²) in [6, 6.07) is 3.01. The van der Waals surface area contributed by atoms with Crippen LogP contribution in [0.25, 0.3) is 0 Å². The fourth-order valence-corrected chi connectivity index (χ4v) is 3.00. The molecule has 0 spiro atoms. The summed E-state index contributed by atoms with van der Waals surface area (Å²) < 4.78 is 6.69. The number of hydrogen-bond acceptors (Lipinski definition) is 4. The van der Waals surface area contributed by atoms with Crippen molar-refractivity contribution in [1.82, 2.24) is 10.3 Å². The van der Waals surface area contributed by atoms with Crippen LogP contribution in [0.4, 0.5) is 5.82 Å². The maximum absolute atomic E-state index is 5.68. The number of nitrogens with zero attached hydrogens (tertiary/aromatic N) is 2. The van der Waals surface area contributed by atoms with Crippen LogP contribution in [0.2, 0.25) is 0 Å². The van der Waals surface area contributed by atoms with Crippen LogP contribution < -0.4 is 10.2 Å². The molecule has 112 valence electrons. The highest BCUT2D eigenvalue weighted by Gasteiger charge is 2.29. The van der Waals surface area contributed by atoms with E-state index in [1.54, 1.807) is 0 Å². The van der Waals surface area contributed by atoms with Crippen molar-refractivity contribution < 1.29 is 4.74 Å². The van der Waals surface area contributed by atoms with Gasteiger partial charge < -0.3 is 15.0 Å². The van der Waals surface area contributed by atoms with Gasteiger partial charge in [-0.05, 0) is 35.3 Å². The van der Waals surface area contributed by atoms with Gasteiger partial charge in [0, 0.05) is 42.5 Å². The minimum absolute atomic E-state index is 0.261. The quantitative estimate of drug-likeness (QED) is 0.893. The zero-order valence-corrected chi connectivity index (χ0v) is 14.3. The van der Waals surface area contributed by atoms with Gasteiger partial charge >= 0.3 is 0 Å². The first-order valence-electron chi connectivity index (χ1n) is 7.21. The zero-order valence-electron chi connectivity index (χ0n) is 12.7. The van der Waals surface area contributed by atoms with E-state index in [1.165, 1.54) is 5.56 Å². The molecular formula is C15H24BrN3O. The molecule has 0 aromatic carbocycles. The van der Waals surface area contributed by atoms with Crippen LogP contribution in [-0.4, -0.2) is 36.8 Å². The highest BCUT2D eigenvalue weighted by Crippen LogP contribution is 2.27. The smallest absolute Gasteiger partial charge is 0.133 e. The van der Waals surface area contributed by atoms with Gasteiger partial charge in [-0.15, -0.1) is 0 Å². The fourth-order valence-electron chi connectivity index (χ4n) is 2.62. The number of halogens is 1. The van der Waals surface area contributed by atoms with Crippen LogP contribution in [0.1, 0.15) is 32.8 Å². The molecule has 0 bridgehead atoms. The molecule has 2 unspecified atom stereocenters. The van der Waals surface area contributed by atoms with E-state index in [9.17, 15) is 0 Å². The lowest BCUT2D eigenvalue weighted by Crippen LogP contribution is -2.38. The Balaban J connectivity index is 2.20. The van der Waals surface area contributed by atoms with Crippen molar-refractivity contribution >= 4 is 21.7 Å². The van der Waals surface area contributed by atoms with Gasteiger partial charge in [0.05, 0.1) is 12.1 Å². The largest absolute Gasteiger partial charge is 0.376 e. The number of nitrogens with one attached hydrogen (secondary N) is 1. The summed E-state index contributed by atoms with van der Waals surface area (Å²) in [6.45, 7) is 8.11. The topological polar surface area (TPSA) is 37.4 Å². The molecule has 5 heteroatoms. The van der Waals surface area contributed by atoms with Gasteiger partial charge in [-0.2, -0.15) is 0 Å². The first kappa shape index (κ1) is 15.7. The first-order valence-corrected chi connectivity index (χ1v) is 8.00. The van der Waals surface area contributed by atoms with Crippen LogP contribution in [0.15, 0.2) is 16.7 Å². The molecule has 4 nitrogen and oxygen atoms in total. The molecule has 1 aromatic rings. The number of hydrogen-bond donors (Lipinski definition) is 1. The molecule has 0 saturated carbocycles. The van der Waals surface area contributed by atoms with Crippen molar-refractivity contribution in [2.75, 3.05) is 18.6 Å². The van der Waals surface area contributed by atoms with E-state index in [2.05, 4.69) is 65.0 Å². The molecule has 2 rings (SSSR count). The molecule has 1 aromatic heterocycles. The van der Waals surface area contributed by atoms with Crippen molar-refractivity contribution in [3.05, 3.63) is 22.3 Å². The summed E-state index contributed by atoms with van der Waals surface area (Å²) in [5.74, 6) is 1.05. The summed E-state index contributed by atoms with van der Waals surface area (Å²) in [5, 5.41) is 3.47. The predicted molar refractivity (Wildman–Crippen MR) is 86.1 cm³/mol. The zero-order chi connectivity index (χ0) is 14.7. The van der Waals surface area contributed by atoms with E-state index in [1.807, 2.05) is 6.20 Å². The third-order valence-corrected chi connectivity index (χ3v) is 4.21. The minimum atomic E-state index is 0.261. The predicted octanol–water partition coefficient (Wildman–Crippen LogP) is 2.96. The lowest BCUT2D eigenvalue weighted by atomic mass is 10.1. The van der Waals surface area contributed by atoms with Crippen molar-refractivity contribution in [3.63, 3.8) is 0 Å². The average Bonchev–Trinajstić information content (AvgIpc) is 2.82. The molecule has 1 fully saturated rings. The Kier molecular flexibility index (Phi) is 5.41. The first-order chi connectivity index (χ1) is 9.49. The fraction of sp³-hybridized carbons (Fsp3) is 0.667. The van der Waals surface area contributed by atoms with E-state index in [-0.39, 0.29) is 6.10 Å². The number of likely N-dealkylation sites (N-methyl/N-ethyl adjacent to an activating group) is 1. The van der Waals surface area contributed by atoms with Crippen LogP contribution in [-0.2, 0) is 11.3 Å². The third-order valence-electron chi connectivity index (χ3n) is 3.78. The summed E-state index contributed by atoms with van der Waals surface area (Å²) in [4.78, 5) is 6.88. The van der Waals surface area contributed by atoms with Gasteiger partial charge in [0.15, 0.2) is 0 Å². The maximum Gasteiger partial charge on any atom is 0.133 e. The molecule has 1 aliphatic heterocycles. The number of rotatable bonds is 5. The van der Waals surface area contributed by atoms with Gasteiger partial charge in [-0.25, -0.2) is 4.98 Å². The Bertz CT molecular complexity index is 453. The van der Waals surface area contributed by atoms with Gasteiger partial charge in [-0.1, -0.05) is 13.8 Å². The second kappa shape index (κ2) is 6.87. The van der Waals surface area contributed by atoms with Crippen LogP contribution in [0.5, 0.6) is 0 Å². The van der Waals surface area contributed by atoms with E-state index in [4.69, 9.17) is 4.74 Å². The Morgan fingerprint density at radius 1 is 1.55 bits per heavy atom. The average molecular weight is 342 g/mol. The number of pyridine rings is 1. The number of ether oxygens (including phenoxy) is 1. The van der Waals surface area contributed by atoms with E-state index < -0.39 is 0 Å². The molecule has 0 amide bonds. The normalized spacial score (nSPS) is 22.5. The molecule has 0 aliphatic carbocycles. The second-order valence-electron chi connectivity index (χ2n) is 5.71.